The van der Waals surface area contributed by atoms with Crippen molar-refractivity contribution in [3.05, 3.63) is 59.9 Å². The first-order chi connectivity index (χ1) is 12.2. The molecular weight excluding hydrogens is 338 g/mol. The Labute approximate surface area is 149 Å². The van der Waals surface area contributed by atoms with E-state index in [2.05, 4.69) is 15.3 Å². The van der Waals surface area contributed by atoms with Crippen molar-refractivity contribution in [1.82, 2.24) is 10.3 Å². The van der Waals surface area contributed by atoms with Gasteiger partial charge in [0.05, 0.1) is 12.5 Å². The molecule has 7 heteroatoms. The number of carbonyl (C=O) groups is 2. The van der Waals surface area contributed by atoms with Gasteiger partial charge in [-0.25, -0.2) is 0 Å². The molecule has 1 aliphatic rings. The van der Waals surface area contributed by atoms with Crippen LogP contribution < -0.4 is 10.1 Å². The van der Waals surface area contributed by atoms with Crippen molar-refractivity contribution in [2.45, 2.75) is 12.5 Å². The molecule has 1 N–H and O–H groups in total. The van der Waals surface area contributed by atoms with Crippen molar-refractivity contribution in [1.29, 1.82) is 0 Å². The van der Waals surface area contributed by atoms with Crippen LogP contribution >= 0.6 is 11.8 Å². The average molecular weight is 355 g/mol. The molecule has 0 bridgehead atoms. The van der Waals surface area contributed by atoms with Gasteiger partial charge in [-0.15, -0.1) is 0 Å². The van der Waals surface area contributed by atoms with Crippen molar-refractivity contribution < 1.29 is 14.3 Å². The van der Waals surface area contributed by atoms with Crippen LogP contribution in [0.1, 0.15) is 17.2 Å². The highest BCUT2D eigenvalue weighted by atomic mass is 32.2. The van der Waals surface area contributed by atoms with E-state index in [-0.39, 0.29) is 25.0 Å². The molecule has 0 aliphatic carbocycles. The number of aromatic nitrogens is 1. The van der Waals surface area contributed by atoms with Crippen molar-refractivity contribution in [2.75, 3.05) is 12.4 Å². The number of pyridine rings is 1. The van der Waals surface area contributed by atoms with Crippen LogP contribution in [0.25, 0.3) is 0 Å². The van der Waals surface area contributed by atoms with Gasteiger partial charge in [-0.3, -0.25) is 19.6 Å². The van der Waals surface area contributed by atoms with Gasteiger partial charge in [-0.05, 0) is 35.4 Å². The second-order valence-corrected chi connectivity index (χ2v) is 6.40. The molecule has 128 valence electrons. The quantitative estimate of drug-likeness (QED) is 0.803. The Bertz CT molecular complexity index is 780. The van der Waals surface area contributed by atoms with Gasteiger partial charge in [0, 0.05) is 18.1 Å². The molecule has 0 saturated heterocycles. The molecule has 0 fully saturated rings. The third kappa shape index (κ3) is 4.90. The number of benzene rings is 1. The van der Waals surface area contributed by atoms with Crippen molar-refractivity contribution >= 4 is 29.1 Å². The smallest absolute Gasteiger partial charge is 0.230 e. The summed E-state index contributed by atoms with van der Waals surface area (Å²) in [6.07, 6.45) is 4.39. The highest BCUT2D eigenvalue weighted by molar-refractivity contribution is 8.14. The van der Waals surface area contributed by atoms with Crippen LogP contribution in [0.2, 0.25) is 0 Å². The van der Waals surface area contributed by atoms with E-state index in [1.54, 1.807) is 30.6 Å². The summed E-state index contributed by atoms with van der Waals surface area (Å²) in [5.41, 5.74) is 1.90. The second kappa shape index (κ2) is 8.43. The maximum Gasteiger partial charge on any atom is 0.230 e. The molecule has 1 unspecified atom stereocenters. The van der Waals surface area contributed by atoms with Gasteiger partial charge in [0.2, 0.25) is 5.91 Å². The number of amides is 1. The predicted octanol–water partition coefficient (Wildman–Crippen LogP) is 2.16. The number of aliphatic imine (C=N–C) groups is 1. The van der Waals surface area contributed by atoms with Crippen LogP contribution in [-0.2, 0) is 16.0 Å². The number of hydrogen-bond acceptors (Lipinski definition) is 6. The first-order valence-corrected chi connectivity index (χ1v) is 8.79. The molecule has 2 heterocycles. The number of aldehydes is 1. The average Bonchev–Trinajstić information content (AvgIpc) is 3.09. The number of carbonyl (C=O) groups excluding carboxylic acids is 2. The molecule has 1 amide bonds. The summed E-state index contributed by atoms with van der Waals surface area (Å²) in [6.45, 7) is -0.000506. The SMILES string of the molecule is O=CCOc1cccc(CC(=O)NC2=NC(c3ccncc3)CS2)c1. The molecule has 0 spiro atoms. The van der Waals surface area contributed by atoms with Gasteiger partial charge >= 0.3 is 0 Å². The van der Waals surface area contributed by atoms with Gasteiger partial charge < -0.3 is 10.1 Å². The molecule has 1 atom stereocenters. The van der Waals surface area contributed by atoms with E-state index in [1.165, 1.54) is 11.8 Å². The van der Waals surface area contributed by atoms with Crippen LogP contribution in [0.4, 0.5) is 0 Å². The Hall–Kier alpha value is -2.67. The largest absolute Gasteiger partial charge is 0.486 e. The summed E-state index contributed by atoms with van der Waals surface area (Å²) < 4.78 is 5.24. The lowest BCUT2D eigenvalue weighted by atomic mass is 10.1. The molecule has 0 saturated carbocycles. The van der Waals surface area contributed by atoms with E-state index < -0.39 is 0 Å². The van der Waals surface area contributed by atoms with Crippen molar-refractivity contribution in [3.8, 4) is 5.75 Å². The van der Waals surface area contributed by atoms with Gasteiger partial charge in [0.1, 0.15) is 12.4 Å². The van der Waals surface area contributed by atoms with E-state index in [0.717, 1.165) is 16.9 Å². The maximum atomic E-state index is 12.2. The zero-order valence-electron chi connectivity index (χ0n) is 13.4. The summed E-state index contributed by atoms with van der Waals surface area (Å²) in [6, 6.07) is 11.1. The van der Waals surface area contributed by atoms with Crippen molar-refractivity contribution in [3.63, 3.8) is 0 Å². The molecule has 0 radical (unpaired) electrons. The first-order valence-electron chi connectivity index (χ1n) is 7.80. The molecule has 1 aliphatic heterocycles. The Kier molecular flexibility index (Phi) is 5.79. The van der Waals surface area contributed by atoms with E-state index >= 15 is 0 Å². The summed E-state index contributed by atoms with van der Waals surface area (Å²) in [5.74, 6) is 1.24. The number of nitrogens with one attached hydrogen (secondary N) is 1. The van der Waals surface area contributed by atoms with Crippen LogP contribution in [-0.4, -0.2) is 34.7 Å². The van der Waals surface area contributed by atoms with Crippen molar-refractivity contribution in [2.24, 2.45) is 4.99 Å². The third-order valence-corrected chi connectivity index (χ3v) is 4.53. The van der Waals surface area contributed by atoms with Crippen LogP contribution in [0, 0.1) is 0 Å². The van der Waals surface area contributed by atoms with Gasteiger partial charge in [-0.2, -0.15) is 0 Å². The minimum atomic E-state index is -0.130. The predicted molar refractivity (Wildman–Crippen MR) is 96.7 cm³/mol. The fourth-order valence-electron chi connectivity index (χ4n) is 2.42. The van der Waals surface area contributed by atoms with Crippen LogP contribution in [0.3, 0.4) is 0 Å². The maximum absolute atomic E-state index is 12.2. The number of ether oxygens (including phenoxy) is 1. The molecule has 2 aromatic rings. The normalized spacial score (nSPS) is 16.2. The number of thioether (sulfide) groups is 1. The Balaban J connectivity index is 1.57. The highest BCUT2D eigenvalue weighted by Crippen LogP contribution is 2.29. The monoisotopic (exact) mass is 355 g/mol. The lowest BCUT2D eigenvalue weighted by molar-refractivity contribution is -0.119. The Morgan fingerprint density at radius 2 is 2.16 bits per heavy atom. The topological polar surface area (TPSA) is 80.7 Å². The number of nitrogens with zero attached hydrogens (tertiary/aromatic N) is 2. The van der Waals surface area contributed by atoms with E-state index in [9.17, 15) is 9.59 Å². The van der Waals surface area contributed by atoms with Crippen LogP contribution in [0.15, 0.2) is 53.8 Å². The number of amidine groups is 1. The van der Waals surface area contributed by atoms with E-state index in [0.29, 0.717) is 17.2 Å². The van der Waals surface area contributed by atoms with Gasteiger partial charge in [0.25, 0.3) is 0 Å². The molecule has 25 heavy (non-hydrogen) atoms. The lowest BCUT2D eigenvalue weighted by Crippen LogP contribution is -2.28. The molecular formula is C18H17N3O3S. The minimum Gasteiger partial charge on any atom is -0.486 e. The summed E-state index contributed by atoms with van der Waals surface area (Å²) in [4.78, 5) is 31.1. The summed E-state index contributed by atoms with van der Waals surface area (Å²) in [5, 5.41) is 3.49. The lowest BCUT2D eigenvalue weighted by Gasteiger charge is -2.06. The summed E-state index contributed by atoms with van der Waals surface area (Å²) in [7, 11) is 0. The van der Waals surface area contributed by atoms with Crippen LogP contribution in [0.5, 0.6) is 5.75 Å². The fraction of sp³-hybridized carbons (Fsp3) is 0.222. The minimum absolute atomic E-state index is 0.000506. The van der Waals surface area contributed by atoms with E-state index in [1.807, 2.05) is 18.2 Å². The molecule has 1 aromatic heterocycles. The Morgan fingerprint density at radius 3 is 2.96 bits per heavy atom. The fourth-order valence-corrected chi connectivity index (χ4v) is 3.39. The summed E-state index contributed by atoms with van der Waals surface area (Å²) >= 11 is 1.53. The van der Waals surface area contributed by atoms with E-state index in [4.69, 9.17) is 4.74 Å². The highest BCUT2D eigenvalue weighted by Gasteiger charge is 2.21. The molecule has 3 rings (SSSR count). The Morgan fingerprint density at radius 1 is 1.32 bits per heavy atom. The molecule has 6 nitrogen and oxygen atoms in total. The number of hydrogen-bond donors (Lipinski definition) is 1. The standard InChI is InChI=1S/C18H17N3O3S/c22-8-9-24-15-3-1-2-13(10-15)11-17(23)21-18-20-16(12-25-18)14-4-6-19-7-5-14/h1-8,10,16H,9,11-12H2,(H,20,21,23). The zero-order chi connectivity index (χ0) is 17.5. The van der Waals surface area contributed by atoms with Gasteiger partial charge in [-0.1, -0.05) is 23.9 Å². The third-order valence-electron chi connectivity index (χ3n) is 3.57. The second-order valence-electron chi connectivity index (χ2n) is 5.39. The molecule has 1 aromatic carbocycles. The first kappa shape index (κ1) is 17.2. The zero-order valence-corrected chi connectivity index (χ0v) is 14.2. The number of rotatable bonds is 6. The van der Waals surface area contributed by atoms with Gasteiger partial charge in [0.15, 0.2) is 11.5 Å².